The van der Waals surface area contributed by atoms with Gasteiger partial charge in [-0.2, -0.15) is 0 Å². The third-order valence-corrected chi connectivity index (χ3v) is 4.78. The van der Waals surface area contributed by atoms with Gasteiger partial charge in [-0.05, 0) is 60.3 Å². The number of hydrogen-bond donors (Lipinski definition) is 1. The van der Waals surface area contributed by atoms with Gasteiger partial charge in [0, 0.05) is 23.1 Å². The number of amides is 2. The molecule has 2 amide bonds. The van der Waals surface area contributed by atoms with Gasteiger partial charge >= 0.3 is 0 Å². The molecule has 114 valence electrons. The summed E-state index contributed by atoms with van der Waals surface area (Å²) in [5, 5.41) is 3.29. The van der Waals surface area contributed by atoms with Crippen LogP contribution >= 0.6 is 27.5 Å². The Labute approximate surface area is 138 Å². The molecule has 1 atom stereocenters. The van der Waals surface area contributed by atoms with Crippen LogP contribution < -0.4 is 5.32 Å². The van der Waals surface area contributed by atoms with Crippen molar-refractivity contribution in [2.24, 2.45) is 0 Å². The quantitative estimate of drug-likeness (QED) is 0.884. The van der Waals surface area contributed by atoms with Crippen LogP contribution in [-0.4, -0.2) is 35.8 Å². The highest BCUT2D eigenvalue weighted by Crippen LogP contribution is 2.23. The Hall–Kier alpha value is -1.07. The zero-order chi connectivity index (χ0) is 15.4. The summed E-state index contributed by atoms with van der Waals surface area (Å²) in [6, 6.07) is 4.42. The summed E-state index contributed by atoms with van der Waals surface area (Å²) in [6.45, 7) is 3.29. The molecular weight excluding hydrogens is 356 g/mol. The molecule has 1 unspecified atom stereocenters. The maximum absolute atomic E-state index is 12.3. The van der Waals surface area contributed by atoms with Crippen LogP contribution in [0.3, 0.4) is 0 Å². The fraction of sp³-hybridized carbons (Fsp3) is 0.467. The Morgan fingerprint density at radius 2 is 1.95 bits per heavy atom. The standard InChI is InChI=1S/C15H18BrClN2O2/c1-10(15(21)19-7-3-2-4-8-19)18-14(20)11-5-6-13(17)12(16)9-11/h5-6,9-10H,2-4,7-8H2,1H3,(H,18,20). The number of halogens is 2. The second-order valence-electron chi connectivity index (χ2n) is 5.21. The van der Waals surface area contributed by atoms with E-state index >= 15 is 0 Å². The fourth-order valence-electron chi connectivity index (χ4n) is 2.37. The number of hydrogen-bond acceptors (Lipinski definition) is 2. The van der Waals surface area contributed by atoms with Crippen LogP contribution in [0, 0.1) is 0 Å². The van der Waals surface area contributed by atoms with Gasteiger partial charge in [0.05, 0.1) is 5.02 Å². The van der Waals surface area contributed by atoms with Crippen LogP contribution in [0.5, 0.6) is 0 Å². The van der Waals surface area contributed by atoms with Gasteiger partial charge in [0.1, 0.15) is 6.04 Å². The van der Waals surface area contributed by atoms with Gasteiger partial charge in [0.2, 0.25) is 5.91 Å². The summed E-state index contributed by atoms with van der Waals surface area (Å²) in [5.41, 5.74) is 0.476. The first-order chi connectivity index (χ1) is 9.99. The summed E-state index contributed by atoms with van der Waals surface area (Å²) in [7, 11) is 0. The van der Waals surface area contributed by atoms with E-state index in [-0.39, 0.29) is 11.8 Å². The number of nitrogens with zero attached hydrogens (tertiary/aromatic N) is 1. The second kappa shape index (κ2) is 7.27. The molecule has 0 spiro atoms. The Morgan fingerprint density at radius 1 is 1.29 bits per heavy atom. The molecule has 1 fully saturated rings. The Balaban J connectivity index is 1.97. The van der Waals surface area contributed by atoms with Gasteiger partial charge in [-0.25, -0.2) is 0 Å². The molecule has 1 aliphatic rings. The van der Waals surface area contributed by atoms with Gasteiger partial charge in [-0.15, -0.1) is 0 Å². The van der Waals surface area contributed by atoms with Crippen molar-refractivity contribution < 1.29 is 9.59 Å². The molecule has 0 saturated carbocycles. The van der Waals surface area contributed by atoms with E-state index in [1.807, 2.05) is 4.90 Å². The molecule has 1 aliphatic heterocycles. The normalized spacial score (nSPS) is 16.4. The SMILES string of the molecule is CC(NC(=O)c1ccc(Cl)c(Br)c1)C(=O)N1CCCCC1. The molecule has 21 heavy (non-hydrogen) atoms. The molecule has 1 heterocycles. The highest BCUT2D eigenvalue weighted by atomic mass is 79.9. The number of nitrogens with one attached hydrogen (secondary N) is 1. The largest absolute Gasteiger partial charge is 0.341 e. The fourth-order valence-corrected chi connectivity index (χ4v) is 2.86. The van der Waals surface area contributed by atoms with E-state index in [1.54, 1.807) is 25.1 Å². The topological polar surface area (TPSA) is 49.4 Å². The third-order valence-electron chi connectivity index (χ3n) is 3.57. The average molecular weight is 374 g/mol. The number of rotatable bonds is 3. The van der Waals surface area contributed by atoms with Crippen molar-refractivity contribution in [2.45, 2.75) is 32.2 Å². The first kappa shape index (κ1) is 16.3. The van der Waals surface area contributed by atoms with E-state index in [4.69, 9.17) is 11.6 Å². The minimum Gasteiger partial charge on any atom is -0.341 e. The predicted octanol–water partition coefficient (Wildman–Crippen LogP) is 3.23. The summed E-state index contributed by atoms with van der Waals surface area (Å²) in [5.74, 6) is -0.290. The van der Waals surface area contributed by atoms with Crippen LogP contribution in [0.25, 0.3) is 0 Å². The average Bonchev–Trinajstić information content (AvgIpc) is 2.50. The molecule has 6 heteroatoms. The third kappa shape index (κ3) is 4.20. The Kier molecular flexibility index (Phi) is 5.65. The molecule has 1 aromatic carbocycles. The summed E-state index contributed by atoms with van der Waals surface area (Å²) in [4.78, 5) is 26.3. The number of likely N-dealkylation sites (tertiary alicyclic amines) is 1. The monoisotopic (exact) mass is 372 g/mol. The lowest BCUT2D eigenvalue weighted by atomic mass is 10.1. The van der Waals surface area contributed by atoms with Crippen molar-refractivity contribution >= 4 is 39.3 Å². The van der Waals surface area contributed by atoms with Crippen molar-refractivity contribution in [1.29, 1.82) is 0 Å². The lowest BCUT2D eigenvalue weighted by molar-refractivity contribution is -0.133. The summed E-state index contributed by atoms with van der Waals surface area (Å²) >= 11 is 9.19. The molecular formula is C15H18BrClN2O2. The van der Waals surface area contributed by atoms with E-state index in [0.717, 1.165) is 25.9 Å². The van der Waals surface area contributed by atoms with Crippen molar-refractivity contribution in [3.05, 3.63) is 33.3 Å². The van der Waals surface area contributed by atoms with Crippen LogP contribution in [-0.2, 0) is 4.79 Å². The smallest absolute Gasteiger partial charge is 0.251 e. The minimum absolute atomic E-state index is 0.0175. The van der Waals surface area contributed by atoms with Gasteiger partial charge < -0.3 is 10.2 Å². The van der Waals surface area contributed by atoms with Crippen molar-refractivity contribution in [1.82, 2.24) is 10.2 Å². The lowest BCUT2D eigenvalue weighted by Crippen LogP contribution is -2.48. The zero-order valence-corrected chi connectivity index (χ0v) is 14.2. The van der Waals surface area contributed by atoms with Gasteiger partial charge in [-0.3, -0.25) is 9.59 Å². The van der Waals surface area contributed by atoms with Crippen LogP contribution in [0.4, 0.5) is 0 Å². The van der Waals surface area contributed by atoms with E-state index in [2.05, 4.69) is 21.2 Å². The summed E-state index contributed by atoms with van der Waals surface area (Å²) < 4.78 is 0.659. The molecule has 0 aliphatic carbocycles. The summed E-state index contributed by atoms with van der Waals surface area (Å²) in [6.07, 6.45) is 3.25. The number of piperidine rings is 1. The van der Waals surface area contributed by atoms with E-state index in [1.165, 1.54) is 6.42 Å². The van der Waals surface area contributed by atoms with Crippen molar-refractivity contribution in [2.75, 3.05) is 13.1 Å². The van der Waals surface area contributed by atoms with Crippen molar-refractivity contribution in [3.8, 4) is 0 Å². The first-order valence-electron chi connectivity index (χ1n) is 7.04. The molecule has 0 aromatic heterocycles. The number of carbonyl (C=O) groups excluding carboxylic acids is 2. The Bertz CT molecular complexity index is 544. The predicted molar refractivity (Wildman–Crippen MR) is 86.5 cm³/mol. The molecule has 4 nitrogen and oxygen atoms in total. The highest BCUT2D eigenvalue weighted by molar-refractivity contribution is 9.10. The van der Waals surface area contributed by atoms with Gasteiger partial charge in [0.15, 0.2) is 0 Å². The highest BCUT2D eigenvalue weighted by Gasteiger charge is 2.23. The molecule has 0 bridgehead atoms. The van der Waals surface area contributed by atoms with E-state index in [0.29, 0.717) is 15.1 Å². The Morgan fingerprint density at radius 3 is 2.57 bits per heavy atom. The molecule has 1 N–H and O–H groups in total. The molecule has 1 saturated heterocycles. The van der Waals surface area contributed by atoms with Crippen molar-refractivity contribution in [3.63, 3.8) is 0 Å². The number of carbonyl (C=O) groups is 2. The van der Waals surface area contributed by atoms with Gasteiger partial charge in [0.25, 0.3) is 5.91 Å². The maximum Gasteiger partial charge on any atom is 0.251 e. The second-order valence-corrected chi connectivity index (χ2v) is 6.47. The molecule has 0 radical (unpaired) electrons. The number of benzene rings is 1. The van der Waals surface area contributed by atoms with Crippen LogP contribution in [0.2, 0.25) is 5.02 Å². The first-order valence-corrected chi connectivity index (χ1v) is 8.21. The van der Waals surface area contributed by atoms with Gasteiger partial charge in [-0.1, -0.05) is 11.6 Å². The van der Waals surface area contributed by atoms with E-state index < -0.39 is 6.04 Å². The lowest BCUT2D eigenvalue weighted by Gasteiger charge is -2.29. The van der Waals surface area contributed by atoms with E-state index in [9.17, 15) is 9.59 Å². The minimum atomic E-state index is -0.523. The molecule has 2 rings (SSSR count). The maximum atomic E-state index is 12.3. The molecule has 1 aromatic rings. The zero-order valence-electron chi connectivity index (χ0n) is 11.9. The van der Waals surface area contributed by atoms with Crippen LogP contribution in [0.15, 0.2) is 22.7 Å². The van der Waals surface area contributed by atoms with Crippen LogP contribution in [0.1, 0.15) is 36.5 Å².